The van der Waals surface area contributed by atoms with E-state index in [1.165, 1.54) is 0 Å². The fraction of sp³-hybridized carbons (Fsp3) is 0.0909. The number of benzene rings is 1. The number of nitrogens with zero attached hydrogens (tertiary/aromatic N) is 2. The van der Waals surface area contributed by atoms with Crippen molar-refractivity contribution in [3.63, 3.8) is 0 Å². The molecule has 1 heterocycles. The van der Waals surface area contributed by atoms with Gasteiger partial charge in [-0.25, -0.2) is 4.98 Å². The Morgan fingerprint density at radius 2 is 1.76 bits per heavy atom. The summed E-state index contributed by atoms with van der Waals surface area (Å²) >= 11 is 11.6. The van der Waals surface area contributed by atoms with Crippen LogP contribution in [0.15, 0.2) is 24.3 Å². The number of nitrogens with two attached hydrogens (primary N) is 1. The van der Waals surface area contributed by atoms with Crippen LogP contribution in [0.2, 0.25) is 10.3 Å². The lowest BCUT2D eigenvalue weighted by atomic mass is 10.3. The number of hydrogen-bond acceptors (Lipinski definition) is 4. The van der Waals surface area contributed by atoms with Crippen LogP contribution in [0.1, 0.15) is 5.69 Å². The summed E-state index contributed by atoms with van der Waals surface area (Å²) in [6.45, 7) is 1.77. The highest BCUT2D eigenvalue weighted by Crippen LogP contribution is 2.25. The molecular weight excluding hydrogens is 259 g/mol. The van der Waals surface area contributed by atoms with E-state index in [-0.39, 0.29) is 5.28 Å². The van der Waals surface area contributed by atoms with Crippen molar-refractivity contribution < 1.29 is 0 Å². The lowest BCUT2D eigenvalue weighted by Gasteiger charge is -2.10. The zero-order valence-electron chi connectivity index (χ0n) is 9.04. The summed E-state index contributed by atoms with van der Waals surface area (Å²) in [6.07, 6.45) is 0. The first-order chi connectivity index (χ1) is 8.06. The van der Waals surface area contributed by atoms with E-state index >= 15 is 0 Å². The van der Waals surface area contributed by atoms with Crippen LogP contribution in [-0.2, 0) is 0 Å². The average Bonchev–Trinajstić information content (AvgIpc) is 2.28. The van der Waals surface area contributed by atoms with E-state index < -0.39 is 0 Å². The Labute approximate surface area is 109 Å². The SMILES string of the molecule is Cc1nc(Cl)nc(Nc2ccc(Cl)cc2)c1N. The third-order valence-electron chi connectivity index (χ3n) is 2.22. The Hall–Kier alpha value is -1.52. The number of halogens is 2. The molecule has 0 aliphatic carbocycles. The molecule has 2 rings (SSSR count). The van der Waals surface area contributed by atoms with E-state index in [0.29, 0.717) is 22.2 Å². The van der Waals surface area contributed by atoms with E-state index in [0.717, 1.165) is 5.69 Å². The predicted molar refractivity (Wildman–Crippen MR) is 70.9 cm³/mol. The van der Waals surface area contributed by atoms with Gasteiger partial charge in [0.2, 0.25) is 5.28 Å². The molecule has 0 atom stereocenters. The molecule has 0 spiro atoms. The number of nitrogen functional groups attached to an aromatic ring is 1. The van der Waals surface area contributed by atoms with Crippen molar-refractivity contribution in [1.29, 1.82) is 0 Å². The number of aromatic nitrogens is 2. The minimum absolute atomic E-state index is 0.160. The highest BCUT2D eigenvalue weighted by molar-refractivity contribution is 6.30. The standard InChI is InChI=1S/C11H10Cl2N4/c1-6-9(14)10(17-11(13)15-6)16-8-4-2-7(12)3-5-8/h2-5H,14H2,1H3,(H,15,16,17). The first-order valence-electron chi connectivity index (χ1n) is 4.88. The molecule has 6 heteroatoms. The van der Waals surface area contributed by atoms with Crippen LogP contribution in [0.25, 0.3) is 0 Å². The average molecular weight is 269 g/mol. The maximum Gasteiger partial charge on any atom is 0.224 e. The lowest BCUT2D eigenvalue weighted by Crippen LogP contribution is -2.03. The number of rotatable bonds is 2. The minimum Gasteiger partial charge on any atom is -0.394 e. The van der Waals surface area contributed by atoms with Crippen molar-refractivity contribution in [2.75, 3.05) is 11.1 Å². The lowest BCUT2D eigenvalue weighted by molar-refractivity contribution is 1.11. The smallest absolute Gasteiger partial charge is 0.224 e. The van der Waals surface area contributed by atoms with Crippen molar-refractivity contribution in [3.8, 4) is 0 Å². The third kappa shape index (κ3) is 2.78. The molecule has 0 radical (unpaired) electrons. The maximum absolute atomic E-state index is 5.86. The second kappa shape index (κ2) is 4.77. The number of hydrogen-bond donors (Lipinski definition) is 2. The summed E-state index contributed by atoms with van der Waals surface area (Å²) in [5.41, 5.74) is 7.80. The molecule has 0 unspecified atom stereocenters. The topological polar surface area (TPSA) is 63.8 Å². The van der Waals surface area contributed by atoms with Gasteiger partial charge in [-0.1, -0.05) is 11.6 Å². The van der Waals surface area contributed by atoms with Crippen LogP contribution in [0.4, 0.5) is 17.2 Å². The van der Waals surface area contributed by atoms with E-state index in [4.69, 9.17) is 28.9 Å². The summed E-state index contributed by atoms with van der Waals surface area (Å²) in [4.78, 5) is 7.99. The zero-order chi connectivity index (χ0) is 12.4. The zero-order valence-corrected chi connectivity index (χ0v) is 10.5. The molecule has 0 amide bonds. The molecule has 0 aliphatic rings. The van der Waals surface area contributed by atoms with Crippen molar-refractivity contribution in [3.05, 3.63) is 40.3 Å². The summed E-state index contributed by atoms with van der Waals surface area (Å²) in [7, 11) is 0. The molecular formula is C11H10Cl2N4. The van der Waals surface area contributed by atoms with Gasteiger partial charge in [0.05, 0.1) is 11.4 Å². The summed E-state index contributed by atoms with van der Waals surface area (Å²) in [5.74, 6) is 0.491. The molecule has 0 saturated heterocycles. The maximum atomic E-state index is 5.86. The van der Waals surface area contributed by atoms with Crippen molar-refractivity contribution in [1.82, 2.24) is 9.97 Å². The normalized spacial score (nSPS) is 10.3. The van der Waals surface area contributed by atoms with Crippen LogP contribution in [0.5, 0.6) is 0 Å². The highest BCUT2D eigenvalue weighted by Gasteiger charge is 2.07. The first-order valence-corrected chi connectivity index (χ1v) is 5.64. The van der Waals surface area contributed by atoms with E-state index in [2.05, 4.69) is 15.3 Å². The van der Waals surface area contributed by atoms with Gasteiger partial charge in [0.25, 0.3) is 0 Å². The van der Waals surface area contributed by atoms with Gasteiger partial charge >= 0.3 is 0 Å². The Kier molecular flexibility index (Phi) is 3.36. The molecule has 0 aliphatic heterocycles. The number of nitrogens with one attached hydrogen (secondary N) is 1. The van der Waals surface area contributed by atoms with Gasteiger partial charge < -0.3 is 11.1 Å². The Morgan fingerprint density at radius 3 is 2.41 bits per heavy atom. The van der Waals surface area contributed by atoms with Gasteiger partial charge in [-0.15, -0.1) is 0 Å². The quantitative estimate of drug-likeness (QED) is 0.820. The van der Waals surface area contributed by atoms with E-state index in [1.54, 1.807) is 19.1 Å². The van der Waals surface area contributed by atoms with Crippen LogP contribution in [0, 0.1) is 6.92 Å². The predicted octanol–water partition coefficient (Wildman–Crippen LogP) is 3.42. The minimum atomic E-state index is 0.160. The van der Waals surface area contributed by atoms with Crippen molar-refractivity contribution in [2.45, 2.75) is 6.92 Å². The van der Waals surface area contributed by atoms with Crippen molar-refractivity contribution in [2.24, 2.45) is 0 Å². The highest BCUT2D eigenvalue weighted by atomic mass is 35.5. The van der Waals surface area contributed by atoms with Gasteiger partial charge in [-0.05, 0) is 42.8 Å². The van der Waals surface area contributed by atoms with Crippen LogP contribution < -0.4 is 11.1 Å². The van der Waals surface area contributed by atoms with E-state index in [1.807, 2.05) is 12.1 Å². The van der Waals surface area contributed by atoms with Gasteiger partial charge in [-0.2, -0.15) is 4.98 Å². The third-order valence-corrected chi connectivity index (χ3v) is 2.64. The summed E-state index contributed by atoms with van der Waals surface area (Å²) < 4.78 is 0. The van der Waals surface area contributed by atoms with Crippen LogP contribution >= 0.6 is 23.2 Å². The monoisotopic (exact) mass is 268 g/mol. The Morgan fingerprint density at radius 1 is 1.12 bits per heavy atom. The molecule has 17 heavy (non-hydrogen) atoms. The molecule has 1 aromatic carbocycles. The number of anilines is 3. The second-order valence-corrected chi connectivity index (χ2v) is 4.25. The van der Waals surface area contributed by atoms with Gasteiger partial charge in [0, 0.05) is 10.7 Å². The van der Waals surface area contributed by atoms with Gasteiger partial charge in [-0.3, -0.25) is 0 Å². The molecule has 0 saturated carbocycles. The summed E-state index contributed by atoms with van der Waals surface area (Å²) in [6, 6.07) is 7.20. The fourth-order valence-corrected chi connectivity index (χ4v) is 1.65. The largest absolute Gasteiger partial charge is 0.394 e. The van der Waals surface area contributed by atoms with Crippen molar-refractivity contribution >= 4 is 40.4 Å². The molecule has 2 aromatic rings. The molecule has 0 bridgehead atoms. The molecule has 0 fully saturated rings. The Bertz CT molecular complexity index is 540. The van der Waals surface area contributed by atoms with Gasteiger partial charge in [0.1, 0.15) is 0 Å². The molecule has 88 valence electrons. The first kappa shape index (κ1) is 12.0. The van der Waals surface area contributed by atoms with Crippen LogP contribution in [0.3, 0.4) is 0 Å². The fourth-order valence-electron chi connectivity index (χ4n) is 1.31. The summed E-state index contributed by atoms with van der Waals surface area (Å²) in [5, 5.41) is 3.89. The molecule has 1 aromatic heterocycles. The van der Waals surface area contributed by atoms with Gasteiger partial charge in [0.15, 0.2) is 5.82 Å². The number of aryl methyl sites for hydroxylation is 1. The molecule has 4 nitrogen and oxygen atoms in total. The van der Waals surface area contributed by atoms with E-state index in [9.17, 15) is 0 Å². The molecule has 3 N–H and O–H groups in total. The second-order valence-electron chi connectivity index (χ2n) is 3.47. The Balaban J connectivity index is 2.32. The van der Waals surface area contributed by atoms with Crippen LogP contribution in [-0.4, -0.2) is 9.97 Å².